The number of fused-ring (bicyclic) bond motifs is 1. The van der Waals surface area contributed by atoms with Crippen LogP contribution in [0.1, 0.15) is 52.1 Å². The van der Waals surface area contributed by atoms with E-state index < -0.39 is 0 Å². The average molecular weight is 393 g/mol. The van der Waals surface area contributed by atoms with E-state index in [1.807, 2.05) is 18.0 Å². The van der Waals surface area contributed by atoms with Crippen LogP contribution in [0.5, 0.6) is 0 Å². The van der Waals surface area contributed by atoms with Gasteiger partial charge in [-0.3, -0.25) is 14.7 Å². The van der Waals surface area contributed by atoms with Crippen molar-refractivity contribution in [3.05, 3.63) is 47.1 Å². The summed E-state index contributed by atoms with van der Waals surface area (Å²) in [5, 5.41) is 4.28. The number of carbonyl (C=O) groups excluding carboxylic acids is 1. The average Bonchev–Trinajstić information content (AvgIpc) is 3.48. The summed E-state index contributed by atoms with van der Waals surface area (Å²) in [6.45, 7) is 4.14. The molecule has 2 aliphatic heterocycles. The zero-order chi connectivity index (χ0) is 20.0. The lowest BCUT2D eigenvalue weighted by Crippen LogP contribution is -2.36. The van der Waals surface area contributed by atoms with Crippen LogP contribution in [0.4, 0.5) is 0 Å². The zero-order valence-corrected chi connectivity index (χ0v) is 16.6. The molecular weight excluding hydrogens is 370 g/mol. The third-order valence-corrected chi connectivity index (χ3v) is 5.94. The van der Waals surface area contributed by atoms with Gasteiger partial charge in [-0.1, -0.05) is 5.16 Å². The molecule has 1 unspecified atom stereocenters. The highest BCUT2D eigenvalue weighted by Gasteiger charge is 2.30. The van der Waals surface area contributed by atoms with Crippen LogP contribution in [0.15, 0.2) is 23.2 Å². The topological polar surface area (TPSA) is 104 Å². The number of H-pyrrole nitrogens is 1. The molecule has 1 amide bonds. The number of aryl methyl sites for hydroxylation is 1. The summed E-state index contributed by atoms with van der Waals surface area (Å²) in [5.74, 6) is 1.21. The number of hydrogen-bond acceptors (Lipinski definition) is 7. The molecular formula is C20H23N7O2. The maximum absolute atomic E-state index is 12.7. The number of carbonyl (C=O) groups is 1. The summed E-state index contributed by atoms with van der Waals surface area (Å²) >= 11 is 0. The molecule has 0 bridgehead atoms. The lowest BCUT2D eigenvalue weighted by atomic mass is 9.94. The van der Waals surface area contributed by atoms with Crippen LogP contribution in [0.2, 0.25) is 0 Å². The monoisotopic (exact) mass is 393 g/mol. The first-order valence-electron chi connectivity index (χ1n) is 9.91. The zero-order valence-electron chi connectivity index (χ0n) is 16.6. The van der Waals surface area contributed by atoms with Gasteiger partial charge in [-0.15, -0.1) is 0 Å². The maximum Gasteiger partial charge on any atom is 0.272 e. The van der Waals surface area contributed by atoms with Gasteiger partial charge in [-0.25, -0.2) is 4.98 Å². The van der Waals surface area contributed by atoms with E-state index in [0.717, 1.165) is 48.2 Å². The summed E-state index contributed by atoms with van der Waals surface area (Å²) < 4.78 is 5.62. The number of hydrogen-bond donors (Lipinski definition) is 1. The van der Waals surface area contributed by atoms with Crippen LogP contribution in [0.25, 0.3) is 11.4 Å². The highest BCUT2D eigenvalue weighted by atomic mass is 16.5. The van der Waals surface area contributed by atoms with E-state index >= 15 is 0 Å². The molecule has 9 nitrogen and oxygen atoms in total. The molecule has 3 aromatic heterocycles. The number of aromatic nitrogens is 5. The van der Waals surface area contributed by atoms with E-state index in [4.69, 9.17) is 9.51 Å². The summed E-state index contributed by atoms with van der Waals surface area (Å²) in [4.78, 5) is 32.8. The van der Waals surface area contributed by atoms with Crippen molar-refractivity contribution >= 4 is 5.91 Å². The van der Waals surface area contributed by atoms with Gasteiger partial charge in [-0.05, 0) is 50.9 Å². The van der Waals surface area contributed by atoms with Crippen molar-refractivity contribution in [2.24, 2.45) is 0 Å². The standard InChI is InChI=1S/C20H23N7O2/c1-12-17(18-24-19(29-25-18)16-4-3-6-26(16)2)14-5-7-27(10-13(14)8-22-12)20(28)15-9-21-11-23-15/h8-9,11,16H,3-7,10H2,1-2H3,(H,21,23). The van der Waals surface area contributed by atoms with Gasteiger partial charge >= 0.3 is 0 Å². The molecule has 5 rings (SSSR count). The Kier molecular flexibility index (Phi) is 4.39. The Labute approximate surface area is 168 Å². The smallest absolute Gasteiger partial charge is 0.272 e. The minimum Gasteiger partial charge on any atom is -0.341 e. The lowest BCUT2D eigenvalue weighted by Gasteiger charge is -2.29. The number of likely N-dealkylation sites (tertiary alicyclic amines) is 1. The molecule has 1 saturated heterocycles. The lowest BCUT2D eigenvalue weighted by molar-refractivity contribution is 0.0729. The van der Waals surface area contributed by atoms with Crippen molar-refractivity contribution < 1.29 is 9.32 Å². The summed E-state index contributed by atoms with van der Waals surface area (Å²) in [5.41, 5.74) is 4.49. The second-order valence-electron chi connectivity index (χ2n) is 7.76. The van der Waals surface area contributed by atoms with Crippen molar-refractivity contribution in [2.75, 3.05) is 20.1 Å². The van der Waals surface area contributed by atoms with Crippen LogP contribution < -0.4 is 0 Å². The van der Waals surface area contributed by atoms with Crippen molar-refractivity contribution in [3.8, 4) is 11.4 Å². The molecule has 0 aliphatic carbocycles. The van der Waals surface area contributed by atoms with Gasteiger partial charge in [0.15, 0.2) is 0 Å². The van der Waals surface area contributed by atoms with Crippen molar-refractivity contribution in [3.63, 3.8) is 0 Å². The van der Waals surface area contributed by atoms with Crippen molar-refractivity contribution in [2.45, 2.75) is 38.8 Å². The van der Waals surface area contributed by atoms with Crippen molar-refractivity contribution in [1.29, 1.82) is 0 Å². The summed E-state index contributed by atoms with van der Waals surface area (Å²) in [7, 11) is 2.09. The molecule has 3 aromatic rings. The van der Waals surface area contributed by atoms with E-state index in [2.05, 4.69) is 32.1 Å². The molecule has 9 heteroatoms. The van der Waals surface area contributed by atoms with E-state index in [1.165, 1.54) is 6.33 Å². The molecule has 29 heavy (non-hydrogen) atoms. The summed E-state index contributed by atoms with van der Waals surface area (Å²) in [6.07, 6.45) is 7.82. The Morgan fingerprint density at radius 3 is 2.97 bits per heavy atom. The van der Waals surface area contributed by atoms with Crippen LogP contribution in [0.3, 0.4) is 0 Å². The van der Waals surface area contributed by atoms with Gasteiger partial charge < -0.3 is 14.4 Å². The quantitative estimate of drug-likeness (QED) is 0.727. The Hall–Kier alpha value is -3.07. The van der Waals surface area contributed by atoms with E-state index in [9.17, 15) is 4.79 Å². The molecule has 2 aliphatic rings. The van der Waals surface area contributed by atoms with E-state index in [1.54, 1.807) is 6.20 Å². The first-order chi connectivity index (χ1) is 14.1. The SMILES string of the molecule is Cc1ncc2c(c1-c1noc(C3CCCN3C)n1)CCN(C(=O)c1cnc[nH]1)C2. The fraction of sp³-hybridized carbons (Fsp3) is 0.450. The first kappa shape index (κ1) is 18.0. The minimum atomic E-state index is -0.0543. The minimum absolute atomic E-state index is 0.0543. The summed E-state index contributed by atoms with van der Waals surface area (Å²) in [6, 6.07) is 0.187. The Balaban J connectivity index is 1.45. The van der Waals surface area contributed by atoms with Gasteiger partial charge in [-0.2, -0.15) is 4.98 Å². The normalized spacial score (nSPS) is 19.5. The van der Waals surface area contributed by atoms with Crippen LogP contribution >= 0.6 is 0 Å². The molecule has 5 heterocycles. The van der Waals surface area contributed by atoms with Gasteiger partial charge in [0, 0.05) is 30.5 Å². The molecule has 0 aromatic carbocycles. The fourth-order valence-corrected chi connectivity index (χ4v) is 4.36. The molecule has 0 radical (unpaired) electrons. The third-order valence-electron chi connectivity index (χ3n) is 5.94. The highest BCUT2D eigenvalue weighted by Crippen LogP contribution is 2.34. The number of nitrogens with zero attached hydrogens (tertiary/aromatic N) is 6. The van der Waals surface area contributed by atoms with Crippen LogP contribution in [-0.4, -0.2) is 60.9 Å². The fourth-order valence-electron chi connectivity index (χ4n) is 4.36. The largest absolute Gasteiger partial charge is 0.341 e. The van der Waals surface area contributed by atoms with Gasteiger partial charge in [0.1, 0.15) is 5.69 Å². The number of amides is 1. The number of nitrogens with one attached hydrogen (secondary N) is 1. The number of imidazole rings is 1. The predicted octanol–water partition coefficient (Wildman–Crippen LogP) is 2.13. The van der Waals surface area contributed by atoms with Crippen LogP contribution in [0, 0.1) is 6.92 Å². The first-order valence-corrected chi connectivity index (χ1v) is 9.91. The second-order valence-corrected chi connectivity index (χ2v) is 7.76. The number of pyridine rings is 1. The number of rotatable bonds is 3. The maximum atomic E-state index is 12.7. The molecule has 1 fully saturated rings. The highest BCUT2D eigenvalue weighted by molar-refractivity contribution is 5.92. The number of aromatic amines is 1. The molecule has 1 atom stereocenters. The predicted molar refractivity (Wildman–Crippen MR) is 104 cm³/mol. The van der Waals surface area contributed by atoms with E-state index in [0.29, 0.717) is 30.5 Å². The Bertz CT molecular complexity index is 1040. The molecule has 0 spiro atoms. The van der Waals surface area contributed by atoms with Crippen molar-refractivity contribution in [1.82, 2.24) is 34.9 Å². The molecule has 1 N–H and O–H groups in total. The third kappa shape index (κ3) is 3.11. The second kappa shape index (κ2) is 7.07. The van der Waals surface area contributed by atoms with Gasteiger partial charge in [0.25, 0.3) is 5.91 Å². The Morgan fingerprint density at radius 2 is 2.21 bits per heavy atom. The van der Waals surface area contributed by atoms with Gasteiger partial charge in [0.05, 0.1) is 18.6 Å². The molecule has 0 saturated carbocycles. The molecule has 150 valence electrons. The van der Waals surface area contributed by atoms with Crippen LogP contribution in [-0.2, 0) is 13.0 Å². The van der Waals surface area contributed by atoms with Gasteiger partial charge in [0.2, 0.25) is 11.7 Å². The Morgan fingerprint density at radius 1 is 1.31 bits per heavy atom. The van der Waals surface area contributed by atoms with E-state index in [-0.39, 0.29) is 11.9 Å².